The largest absolute Gasteiger partial charge is 0.399 e. The Morgan fingerprint density at radius 1 is 1.45 bits per heavy atom. The molecular formula is C15H19N3O2. The average Bonchev–Trinajstić information content (AvgIpc) is 3.26. The van der Waals surface area contributed by atoms with Gasteiger partial charge in [0.25, 0.3) is 5.91 Å². The lowest BCUT2D eigenvalue weighted by Gasteiger charge is -2.29. The molecule has 1 fully saturated rings. The van der Waals surface area contributed by atoms with Crippen molar-refractivity contribution in [1.29, 1.82) is 0 Å². The summed E-state index contributed by atoms with van der Waals surface area (Å²) in [4.78, 5) is 27.9. The monoisotopic (exact) mass is 273 g/mol. The Morgan fingerprint density at radius 3 is 2.90 bits per heavy atom. The maximum Gasteiger partial charge on any atom is 0.254 e. The number of nitrogen functional groups attached to an aromatic ring is 1. The molecule has 0 bridgehead atoms. The average molecular weight is 273 g/mol. The molecule has 0 unspecified atom stereocenters. The van der Waals surface area contributed by atoms with Crippen molar-refractivity contribution in [2.45, 2.75) is 25.3 Å². The van der Waals surface area contributed by atoms with E-state index in [2.05, 4.69) is 0 Å². The van der Waals surface area contributed by atoms with Gasteiger partial charge in [-0.2, -0.15) is 0 Å². The second-order valence-electron chi connectivity index (χ2n) is 5.63. The van der Waals surface area contributed by atoms with E-state index in [1.165, 1.54) is 0 Å². The normalized spacial score (nSPS) is 17.9. The SMILES string of the molecule is CN(C(=O)CN1CCc2ccc(N)cc2C1=O)C1CC1. The van der Waals surface area contributed by atoms with Crippen molar-refractivity contribution in [2.24, 2.45) is 0 Å². The van der Waals surface area contributed by atoms with Crippen LogP contribution < -0.4 is 5.73 Å². The fraction of sp³-hybridized carbons (Fsp3) is 0.467. The second-order valence-corrected chi connectivity index (χ2v) is 5.63. The Hall–Kier alpha value is -2.04. The summed E-state index contributed by atoms with van der Waals surface area (Å²) in [6.07, 6.45) is 2.94. The first-order chi connectivity index (χ1) is 9.56. The number of anilines is 1. The van der Waals surface area contributed by atoms with Crippen LogP contribution in [0.15, 0.2) is 18.2 Å². The molecule has 5 heteroatoms. The van der Waals surface area contributed by atoms with Crippen LogP contribution in [0.25, 0.3) is 0 Å². The van der Waals surface area contributed by atoms with Crippen LogP contribution in [-0.4, -0.2) is 47.8 Å². The Balaban J connectivity index is 1.73. The predicted octanol–water partition coefficient (Wildman–Crippen LogP) is 0.888. The van der Waals surface area contributed by atoms with E-state index in [4.69, 9.17) is 5.73 Å². The summed E-state index contributed by atoms with van der Waals surface area (Å²) in [5, 5.41) is 0. The number of amides is 2. The molecule has 0 spiro atoms. The molecule has 20 heavy (non-hydrogen) atoms. The molecule has 1 aromatic rings. The van der Waals surface area contributed by atoms with Crippen molar-refractivity contribution < 1.29 is 9.59 Å². The first-order valence-electron chi connectivity index (χ1n) is 6.99. The molecule has 1 saturated carbocycles. The number of rotatable bonds is 3. The summed E-state index contributed by atoms with van der Waals surface area (Å²) in [6.45, 7) is 0.764. The number of likely N-dealkylation sites (N-methyl/N-ethyl adjacent to an activating group) is 1. The van der Waals surface area contributed by atoms with Crippen molar-refractivity contribution in [3.63, 3.8) is 0 Å². The van der Waals surface area contributed by atoms with Gasteiger partial charge < -0.3 is 15.5 Å². The van der Waals surface area contributed by atoms with Gasteiger partial charge >= 0.3 is 0 Å². The number of fused-ring (bicyclic) bond motifs is 1. The first kappa shape index (κ1) is 13.0. The van der Waals surface area contributed by atoms with Gasteiger partial charge in [-0.3, -0.25) is 9.59 Å². The molecule has 2 N–H and O–H groups in total. The molecule has 0 radical (unpaired) electrons. The van der Waals surface area contributed by atoms with Crippen LogP contribution in [-0.2, 0) is 11.2 Å². The summed E-state index contributed by atoms with van der Waals surface area (Å²) in [6, 6.07) is 5.80. The highest BCUT2D eigenvalue weighted by atomic mass is 16.2. The molecule has 0 atom stereocenters. The van der Waals surface area contributed by atoms with Gasteiger partial charge in [-0.25, -0.2) is 0 Å². The minimum Gasteiger partial charge on any atom is -0.399 e. The van der Waals surface area contributed by atoms with Crippen LogP contribution in [0.5, 0.6) is 0 Å². The Kier molecular flexibility index (Phi) is 3.12. The van der Waals surface area contributed by atoms with E-state index in [0.717, 1.165) is 24.8 Å². The van der Waals surface area contributed by atoms with Crippen molar-refractivity contribution >= 4 is 17.5 Å². The van der Waals surface area contributed by atoms with Gasteiger partial charge in [0, 0.05) is 30.9 Å². The third-order valence-electron chi connectivity index (χ3n) is 4.12. The minimum absolute atomic E-state index is 0.0215. The van der Waals surface area contributed by atoms with Crippen molar-refractivity contribution in [1.82, 2.24) is 9.80 Å². The lowest BCUT2D eigenvalue weighted by atomic mass is 9.98. The van der Waals surface area contributed by atoms with Crippen molar-refractivity contribution in [2.75, 3.05) is 25.9 Å². The number of benzene rings is 1. The predicted molar refractivity (Wildman–Crippen MR) is 76.3 cm³/mol. The highest BCUT2D eigenvalue weighted by molar-refractivity contribution is 5.99. The summed E-state index contributed by atoms with van der Waals surface area (Å²) in [5.41, 5.74) is 7.98. The highest BCUT2D eigenvalue weighted by Gasteiger charge is 2.32. The van der Waals surface area contributed by atoms with Crippen LogP contribution in [0.1, 0.15) is 28.8 Å². The zero-order valence-corrected chi connectivity index (χ0v) is 11.6. The first-order valence-corrected chi connectivity index (χ1v) is 6.99. The number of carbonyl (C=O) groups excluding carboxylic acids is 2. The minimum atomic E-state index is -0.0869. The third kappa shape index (κ3) is 2.35. The van der Waals surface area contributed by atoms with Crippen LogP contribution >= 0.6 is 0 Å². The summed E-state index contributed by atoms with van der Waals surface area (Å²) >= 11 is 0. The lowest BCUT2D eigenvalue weighted by Crippen LogP contribution is -2.45. The number of hydrogen-bond donors (Lipinski definition) is 1. The molecule has 3 rings (SSSR count). The second kappa shape index (κ2) is 4.81. The zero-order valence-electron chi connectivity index (χ0n) is 11.6. The number of carbonyl (C=O) groups is 2. The number of hydrogen-bond acceptors (Lipinski definition) is 3. The van der Waals surface area contributed by atoms with E-state index in [1.807, 2.05) is 19.2 Å². The third-order valence-corrected chi connectivity index (χ3v) is 4.12. The number of nitrogens with two attached hydrogens (primary N) is 1. The van der Waals surface area contributed by atoms with Gasteiger partial charge in [0.05, 0.1) is 0 Å². The molecular weight excluding hydrogens is 254 g/mol. The molecule has 106 valence electrons. The van der Waals surface area contributed by atoms with E-state index < -0.39 is 0 Å². The fourth-order valence-electron chi connectivity index (χ4n) is 2.63. The summed E-state index contributed by atoms with van der Waals surface area (Å²) in [5.74, 6) is -0.0655. The Labute approximate surface area is 118 Å². The number of nitrogens with zero attached hydrogens (tertiary/aromatic N) is 2. The Morgan fingerprint density at radius 2 is 2.20 bits per heavy atom. The molecule has 1 aliphatic carbocycles. The van der Waals surface area contributed by atoms with Gasteiger partial charge in [-0.15, -0.1) is 0 Å². The van der Waals surface area contributed by atoms with E-state index in [-0.39, 0.29) is 18.4 Å². The molecule has 2 aliphatic rings. The summed E-state index contributed by atoms with van der Waals surface area (Å²) in [7, 11) is 1.82. The van der Waals surface area contributed by atoms with Crippen molar-refractivity contribution in [3.05, 3.63) is 29.3 Å². The van der Waals surface area contributed by atoms with E-state index in [9.17, 15) is 9.59 Å². The maximum absolute atomic E-state index is 12.4. The van der Waals surface area contributed by atoms with Crippen LogP contribution in [0.2, 0.25) is 0 Å². The van der Waals surface area contributed by atoms with E-state index in [0.29, 0.717) is 23.8 Å². The van der Waals surface area contributed by atoms with Gasteiger partial charge in [-0.05, 0) is 37.0 Å². The Bertz CT molecular complexity index is 566. The van der Waals surface area contributed by atoms with Crippen molar-refractivity contribution in [3.8, 4) is 0 Å². The smallest absolute Gasteiger partial charge is 0.254 e. The molecule has 0 saturated heterocycles. The van der Waals surface area contributed by atoms with Gasteiger partial charge in [0.15, 0.2) is 0 Å². The quantitative estimate of drug-likeness (QED) is 0.832. The van der Waals surface area contributed by atoms with Crippen LogP contribution in [0.3, 0.4) is 0 Å². The van der Waals surface area contributed by atoms with Crippen LogP contribution in [0.4, 0.5) is 5.69 Å². The molecule has 5 nitrogen and oxygen atoms in total. The van der Waals surface area contributed by atoms with E-state index in [1.54, 1.807) is 15.9 Å². The molecule has 1 aliphatic heterocycles. The van der Waals surface area contributed by atoms with Gasteiger partial charge in [0.1, 0.15) is 6.54 Å². The fourth-order valence-corrected chi connectivity index (χ4v) is 2.63. The van der Waals surface area contributed by atoms with Gasteiger partial charge in [0.2, 0.25) is 5.91 Å². The molecule has 1 aromatic carbocycles. The van der Waals surface area contributed by atoms with E-state index >= 15 is 0 Å². The highest BCUT2D eigenvalue weighted by Crippen LogP contribution is 2.26. The van der Waals surface area contributed by atoms with Gasteiger partial charge in [-0.1, -0.05) is 6.07 Å². The summed E-state index contributed by atoms with van der Waals surface area (Å²) < 4.78 is 0. The lowest BCUT2D eigenvalue weighted by molar-refractivity contribution is -0.131. The topological polar surface area (TPSA) is 66.6 Å². The maximum atomic E-state index is 12.4. The molecule has 2 amide bonds. The molecule has 1 heterocycles. The molecule has 0 aromatic heterocycles. The standard InChI is InChI=1S/C15H19N3O2/c1-17(12-4-5-12)14(19)9-18-7-6-10-2-3-11(16)8-13(10)15(18)20/h2-3,8,12H,4-7,9,16H2,1H3. The zero-order chi connectivity index (χ0) is 14.3. The van der Waals surface area contributed by atoms with Crippen LogP contribution in [0, 0.1) is 0 Å².